The Morgan fingerprint density at radius 2 is 1.72 bits per heavy atom. The summed E-state index contributed by atoms with van der Waals surface area (Å²) in [5.41, 5.74) is 1.56. The van der Waals surface area contributed by atoms with Crippen LogP contribution in [0.1, 0.15) is 22.3 Å². The second-order valence-corrected chi connectivity index (χ2v) is 5.86. The molecule has 6 heteroatoms. The van der Waals surface area contributed by atoms with Crippen LogP contribution in [0.2, 0.25) is 5.02 Å². The number of carbonyl (C=O) groups excluding carboxylic acids is 2. The molecule has 0 aliphatic heterocycles. The molecule has 132 valence electrons. The number of carbonyl (C=O) groups is 2. The van der Waals surface area contributed by atoms with Crippen LogP contribution in [0.4, 0.5) is 0 Å². The van der Waals surface area contributed by atoms with Gasteiger partial charge in [0, 0.05) is 30.1 Å². The lowest BCUT2D eigenvalue weighted by atomic mass is 10.1. The molecule has 0 saturated carbocycles. The molecule has 0 aliphatic carbocycles. The zero-order valence-corrected chi connectivity index (χ0v) is 14.8. The largest absolute Gasteiger partial charge is 0.496 e. The van der Waals surface area contributed by atoms with Gasteiger partial charge >= 0.3 is 0 Å². The molecule has 0 aromatic heterocycles. The summed E-state index contributed by atoms with van der Waals surface area (Å²) in [4.78, 5) is 23.7. The third-order valence-electron chi connectivity index (χ3n) is 3.65. The Balaban J connectivity index is 1.67. The van der Waals surface area contributed by atoms with Crippen molar-refractivity contribution >= 4 is 23.4 Å². The lowest BCUT2D eigenvalue weighted by Crippen LogP contribution is -2.31. The molecule has 0 unspecified atom stereocenters. The molecular formula is C19H21ClN2O3. The molecular weight excluding hydrogens is 340 g/mol. The molecule has 2 amide bonds. The Kier molecular flexibility index (Phi) is 7.29. The fourth-order valence-corrected chi connectivity index (χ4v) is 2.45. The molecule has 0 radical (unpaired) electrons. The zero-order chi connectivity index (χ0) is 18.1. The van der Waals surface area contributed by atoms with E-state index in [0.29, 0.717) is 23.6 Å². The van der Waals surface area contributed by atoms with Crippen LogP contribution < -0.4 is 15.4 Å². The molecule has 0 bridgehead atoms. The lowest BCUT2D eigenvalue weighted by Gasteiger charge is -2.09. The maximum Gasteiger partial charge on any atom is 0.251 e. The second-order valence-electron chi connectivity index (χ2n) is 5.42. The van der Waals surface area contributed by atoms with Gasteiger partial charge < -0.3 is 15.4 Å². The summed E-state index contributed by atoms with van der Waals surface area (Å²) in [7, 11) is 1.63. The first-order valence-corrected chi connectivity index (χ1v) is 8.40. The number of rotatable bonds is 8. The second kappa shape index (κ2) is 9.69. The van der Waals surface area contributed by atoms with Crippen LogP contribution in [-0.4, -0.2) is 32.0 Å². The number of benzene rings is 2. The van der Waals surface area contributed by atoms with E-state index in [2.05, 4.69) is 10.6 Å². The molecule has 5 nitrogen and oxygen atoms in total. The molecule has 2 N–H and O–H groups in total. The summed E-state index contributed by atoms with van der Waals surface area (Å²) in [5.74, 6) is 0.483. The van der Waals surface area contributed by atoms with Gasteiger partial charge in [-0.3, -0.25) is 9.59 Å². The van der Waals surface area contributed by atoms with Crippen LogP contribution >= 0.6 is 11.6 Å². The first-order valence-electron chi connectivity index (χ1n) is 8.02. The number of hydrogen-bond donors (Lipinski definition) is 2. The third-order valence-corrected chi connectivity index (χ3v) is 3.91. The predicted octanol–water partition coefficient (Wildman–Crippen LogP) is 2.83. The van der Waals surface area contributed by atoms with E-state index in [4.69, 9.17) is 16.3 Å². The molecule has 2 aromatic rings. The predicted molar refractivity (Wildman–Crippen MR) is 98.1 cm³/mol. The Labute approximate surface area is 152 Å². The third kappa shape index (κ3) is 6.12. The van der Waals surface area contributed by atoms with Gasteiger partial charge in [0.2, 0.25) is 5.91 Å². The van der Waals surface area contributed by atoms with Gasteiger partial charge in [-0.1, -0.05) is 29.8 Å². The van der Waals surface area contributed by atoms with Crippen molar-refractivity contribution in [2.45, 2.75) is 12.8 Å². The van der Waals surface area contributed by atoms with E-state index >= 15 is 0 Å². The van der Waals surface area contributed by atoms with Gasteiger partial charge in [-0.05, 0) is 42.3 Å². The summed E-state index contributed by atoms with van der Waals surface area (Å²) in [5, 5.41) is 6.13. The smallest absolute Gasteiger partial charge is 0.251 e. The number of halogens is 1. The fraction of sp³-hybridized carbons (Fsp3) is 0.263. The van der Waals surface area contributed by atoms with E-state index in [9.17, 15) is 9.59 Å². The Hall–Kier alpha value is -2.53. The SMILES string of the molecule is COc1ccccc1CCNC(=O)CCNC(=O)c1ccc(Cl)cc1. The van der Waals surface area contributed by atoms with Crippen molar-refractivity contribution in [2.75, 3.05) is 20.2 Å². The normalized spacial score (nSPS) is 10.2. The highest BCUT2D eigenvalue weighted by Gasteiger charge is 2.07. The minimum atomic E-state index is -0.224. The lowest BCUT2D eigenvalue weighted by molar-refractivity contribution is -0.120. The van der Waals surface area contributed by atoms with Crippen molar-refractivity contribution in [2.24, 2.45) is 0 Å². The van der Waals surface area contributed by atoms with Gasteiger partial charge in [0.25, 0.3) is 5.91 Å². The molecule has 0 atom stereocenters. The Bertz CT molecular complexity index is 717. The average Bonchev–Trinajstić information content (AvgIpc) is 2.62. The number of hydrogen-bond acceptors (Lipinski definition) is 3. The zero-order valence-electron chi connectivity index (χ0n) is 14.0. The van der Waals surface area contributed by atoms with Crippen LogP contribution in [0.3, 0.4) is 0 Å². The number of ether oxygens (including phenoxy) is 1. The van der Waals surface area contributed by atoms with Gasteiger partial charge in [0.05, 0.1) is 7.11 Å². The summed E-state index contributed by atoms with van der Waals surface area (Å²) in [6, 6.07) is 14.3. The maximum atomic E-state index is 11.9. The average molecular weight is 361 g/mol. The van der Waals surface area contributed by atoms with E-state index in [1.54, 1.807) is 31.4 Å². The van der Waals surface area contributed by atoms with Crippen LogP contribution in [0.5, 0.6) is 5.75 Å². The molecule has 25 heavy (non-hydrogen) atoms. The van der Waals surface area contributed by atoms with Crippen molar-refractivity contribution in [3.05, 3.63) is 64.7 Å². The minimum Gasteiger partial charge on any atom is -0.496 e. The number of nitrogens with one attached hydrogen (secondary N) is 2. The number of methoxy groups -OCH3 is 1. The van der Waals surface area contributed by atoms with E-state index in [1.807, 2.05) is 24.3 Å². The first kappa shape index (κ1) is 18.8. The standard InChI is InChI=1S/C19H21ClN2O3/c1-25-17-5-3-2-4-14(17)10-12-21-18(23)11-13-22-19(24)15-6-8-16(20)9-7-15/h2-9H,10-13H2,1H3,(H,21,23)(H,22,24). The van der Waals surface area contributed by atoms with E-state index in [0.717, 1.165) is 11.3 Å². The molecule has 0 saturated heterocycles. The minimum absolute atomic E-state index is 0.105. The van der Waals surface area contributed by atoms with E-state index < -0.39 is 0 Å². The first-order chi connectivity index (χ1) is 12.1. The summed E-state index contributed by atoms with van der Waals surface area (Å²) >= 11 is 5.78. The van der Waals surface area contributed by atoms with Crippen LogP contribution in [0.15, 0.2) is 48.5 Å². The summed E-state index contributed by atoms with van der Waals surface area (Å²) in [6.07, 6.45) is 0.915. The molecule has 0 heterocycles. The van der Waals surface area contributed by atoms with Crippen molar-refractivity contribution < 1.29 is 14.3 Å². The molecule has 0 aliphatic rings. The fourth-order valence-electron chi connectivity index (χ4n) is 2.33. The maximum absolute atomic E-state index is 11.9. The molecule has 0 fully saturated rings. The number of amides is 2. The van der Waals surface area contributed by atoms with Crippen molar-refractivity contribution in [3.63, 3.8) is 0 Å². The quantitative estimate of drug-likeness (QED) is 0.760. The van der Waals surface area contributed by atoms with Gasteiger partial charge in [-0.25, -0.2) is 0 Å². The summed E-state index contributed by atoms with van der Waals surface area (Å²) < 4.78 is 5.28. The van der Waals surface area contributed by atoms with Gasteiger partial charge in [0.1, 0.15) is 5.75 Å². The van der Waals surface area contributed by atoms with Crippen molar-refractivity contribution in [1.82, 2.24) is 10.6 Å². The van der Waals surface area contributed by atoms with Gasteiger partial charge in [-0.15, -0.1) is 0 Å². The number of para-hydroxylation sites is 1. The van der Waals surface area contributed by atoms with Crippen LogP contribution in [0.25, 0.3) is 0 Å². The highest BCUT2D eigenvalue weighted by atomic mass is 35.5. The van der Waals surface area contributed by atoms with E-state index in [1.165, 1.54) is 0 Å². The van der Waals surface area contributed by atoms with Crippen molar-refractivity contribution in [3.8, 4) is 5.75 Å². The van der Waals surface area contributed by atoms with Crippen LogP contribution in [0, 0.1) is 0 Å². The topological polar surface area (TPSA) is 67.4 Å². The Morgan fingerprint density at radius 1 is 1.00 bits per heavy atom. The molecule has 2 rings (SSSR count). The van der Waals surface area contributed by atoms with Gasteiger partial charge in [0.15, 0.2) is 0 Å². The van der Waals surface area contributed by atoms with Crippen LogP contribution in [-0.2, 0) is 11.2 Å². The van der Waals surface area contributed by atoms with Crippen molar-refractivity contribution in [1.29, 1.82) is 0 Å². The Morgan fingerprint density at radius 3 is 2.44 bits per heavy atom. The highest BCUT2D eigenvalue weighted by molar-refractivity contribution is 6.30. The molecule has 0 spiro atoms. The monoisotopic (exact) mass is 360 g/mol. The van der Waals surface area contributed by atoms with E-state index in [-0.39, 0.29) is 24.8 Å². The highest BCUT2D eigenvalue weighted by Crippen LogP contribution is 2.17. The molecule has 2 aromatic carbocycles. The summed E-state index contributed by atoms with van der Waals surface area (Å²) in [6.45, 7) is 0.798. The van der Waals surface area contributed by atoms with Gasteiger partial charge in [-0.2, -0.15) is 0 Å².